The van der Waals surface area contributed by atoms with Gasteiger partial charge in [0.25, 0.3) is 0 Å². The molecule has 0 saturated heterocycles. The van der Waals surface area contributed by atoms with Crippen molar-refractivity contribution in [2.45, 2.75) is 6.54 Å². The molecule has 2 N–H and O–H groups in total. The molecule has 0 aliphatic heterocycles. The van der Waals surface area contributed by atoms with Crippen LogP contribution in [-0.2, 0) is 6.54 Å². The number of hydrogen-bond donors (Lipinski definition) is 1. The van der Waals surface area contributed by atoms with Crippen LogP contribution in [0.25, 0.3) is 11.1 Å². The van der Waals surface area contributed by atoms with Gasteiger partial charge in [-0.15, -0.1) is 0 Å². The Bertz CT molecular complexity index is 738. The number of hydrogen-bond acceptors (Lipinski definition) is 4. The van der Waals surface area contributed by atoms with Gasteiger partial charge in [0.05, 0.1) is 12.7 Å². The molecule has 0 saturated carbocycles. The van der Waals surface area contributed by atoms with Crippen molar-refractivity contribution in [3.05, 3.63) is 59.8 Å². The molecule has 100 valence electrons. The van der Waals surface area contributed by atoms with Gasteiger partial charge in [0.2, 0.25) is 0 Å². The average Bonchev–Trinajstić information content (AvgIpc) is 2.87. The summed E-state index contributed by atoms with van der Waals surface area (Å²) in [6.45, 7) is 0.647. The van der Waals surface area contributed by atoms with Crippen LogP contribution in [0, 0.1) is 0 Å². The normalized spacial score (nSPS) is 10.7. The number of nitrogen functional groups attached to an aromatic ring is 1. The van der Waals surface area contributed by atoms with Gasteiger partial charge in [0.15, 0.2) is 0 Å². The Labute approximate surface area is 121 Å². The molecule has 5 nitrogen and oxygen atoms in total. The molecule has 0 bridgehead atoms. The van der Waals surface area contributed by atoms with Crippen LogP contribution in [0.15, 0.2) is 49.2 Å². The Morgan fingerprint density at radius 2 is 2.15 bits per heavy atom. The largest absolute Gasteiger partial charge is 0.383 e. The van der Waals surface area contributed by atoms with Gasteiger partial charge in [-0.05, 0) is 17.7 Å². The first-order chi connectivity index (χ1) is 9.72. The van der Waals surface area contributed by atoms with Crippen LogP contribution >= 0.6 is 11.6 Å². The molecule has 3 aromatic rings. The second kappa shape index (κ2) is 5.30. The number of aromatic nitrogens is 4. The van der Waals surface area contributed by atoms with E-state index in [1.165, 1.54) is 6.33 Å². The number of halogens is 1. The van der Waals surface area contributed by atoms with Crippen LogP contribution in [0.4, 0.5) is 5.82 Å². The first kappa shape index (κ1) is 12.6. The maximum Gasteiger partial charge on any atom is 0.134 e. The molecule has 0 aliphatic rings. The molecule has 0 radical (unpaired) electrons. The van der Waals surface area contributed by atoms with E-state index in [0.29, 0.717) is 12.4 Å². The summed E-state index contributed by atoms with van der Waals surface area (Å²) in [6.07, 6.45) is 6.77. The SMILES string of the molecule is Nc1ncncc1-c1cnn(Cc2cccc(Cl)c2)c1. The fraction of sp³-hybridized carbons (Fsp3) is 0.0714. The van der Waals surface area contributed by atoms with Gasteiger partial charge in [-0.2, -0.15) is 5.10 Å². The number of nitrogens with two attached hydrogens (primary N) is 1. The number of benzene rings is 1. The van der Waals surface area contributed by atoms with E-state index < -0.39 is 0 Å². The number of rotatable bonds is 3. The lowest BCUT2D eigenvalue weighted by molar-refractivity contribution is 0.687. The van der Waals surface area contributed by atoms with Crippen LogP contribution in [0.3, 0.4) is 0 Å². The fourth-order valence-electron chi connectivity index (χ4n) is 1.97. The molecular weight excluding hydrogens is 274 g/mol. The van der Waals surface area contributed by atoms with Crippen LogP contribution < -0.4 is 5.73 Å². The standard InChI is InChI=1S/C14H12ClN5/c15-12-3-1-2-10(4-12)7-20-8-11(5-19-20)13-6-17-9-18-14(13)16/h1-6,8-9H,7H2,(H2,16,17,18). The molecule has 0 fully saturated rings. The predicted molar refractivity (Wildman–Crippen MR) is 78.2 cm³/mol. The van der Waals surface area contributed by atoms with E-state index in [4.69, 9.17) is 17.3 Å². The van der Waals surface area contributed by atoms with Gasteiger partial charge >= 0.3 is 0 Å². The highest BCUT2D eigenvalue weighted by molar-refractivity contribution is 6.30. The minimum absolute atomic E-state index is 0.447. The molecular formula is C14H12ClN5. The van der Waals surface area contributed by atoms with Crippen molar-refractivity contribution in [2.75, 3.05) is 5.73 Å². The monoisotopic (exact) mass is 285 g/mol. The summed E-state index contributed by atoms with van der Waals surface area (Å²) in [5.74, 6) is 0.447. The molecule has 2 aromatic heterocycles. The summed E-state index contributed by atoms with van der Waals surface area (Å²) < 4.78 is 1.83. The summed E-state index contributed by atoms with van der Waals surface area (Å²) in [4.78, 5) is 7.95. The lowest BCUT2D eigenvalue weighted by Crippen LogP contribution is -1.99. The third-order valence-corrected chi connectivity index (χ3v) is 3.16. The van der Waals surface area contributed by atoms with E-state index >= 15 is 0 Å². The second-order valence-corrected chi connectivity index (χ2v) is 4.81. The van der Waals surface area contributed by atoms with Crippen molar-refractivity contribution in [3.8, 4) is 11.1 Å². The summed E-state index contributed by atoms with van der Waals surface area (Å²) in [5, 5.41) is 5.04. The van der Waals surface area contributed by atoms with E-state index in [9.17, 15) is 0 Å². The molecule has 0 atom stereocenters. The Kier molecular flexibility index (Phi) is 3.35. The van der Waals surface area contributed by atoms with Crippen LogP contribution in [-0.4, -0.2) is 19.7 Å². The first-order valence-electron chi connectivity index (χ1n) is 6.05. The van der Waals surface area contributed by atoms with E-state index in [1.807, 2.05) is 35.1 Å². The highest BCUT2D eigenvalue weighted by atomic mass is 35.5. The Balaban J connectivity index is 1.86. The van der Waals surface area contributed by atoms with Gasteiger partial charge in [-0.25, -0.2) is 9.97 Å². The zero-order chi connectivity index (χ0) is 13.9. The van der Waals surface area contributed by atoms with Gasteiger partial charge in [-0.1, -0.05) is 23.7 Å². The van der Waals surface area contributed by atoms with Gasteiger partial charge in [0.1, 0.15) is 12.1 Å². The average molecular weight is 286 g/mol. The molecule has 1 aromatic carbocycles. The summed E-state index contributed by atoms with van der Waals surface area (Å²) in [7, 11) is 0. The molecule has 0 aliphatic carbocycles. The number of anilines is 1. The van der Waals surface area contributed by atoms with Crippen molar-refractivity contribution < 1.29 is 0 Å². The Morgan fingerprint density at radius 3 is 2.95 bits per heavy atom. The molecule has 0 unspecified atom stereocenters. The van der Waals surface area contributed by atoms with Crippen LogP contribution in [0.5, 0.6) is 0 Å². The molecule has 6 heteroatoms. The highest BCUT2D eigenvalue weighted by Gasteiger charge is 2.07. The summed E-state index contributed by atoms with van der Waals surface area (Å²) >= 11 is 5.97. The zero-order valence-electron chi connectivity index (χ0n) is 10.6. The molecule has 0 spiro atoms. The quantitative estimate of drug-likeness (QED) is 0.803. The molecule has 20 heavy (non-hydrogen) atoms. The molecule has 0 amide bonds. The van der Waals surface area contributed by atoms with Crippen molar-refractivity contribution >= 4 is 17.4 Å². The maximum absolute atomic E-state index is 5.97. The Hall–Kier alpha value is -2.40. The highest BCUT2D eigenvalue weighted by Crippen LogP contribution is 2.22. The van der Waals surface area contributed by atoms with Gasteiger partial charge in [-0.3, -0.25) is 4.68 Å². The van der Waals surface area contributed by atoms with Crippen LogP contribution in [0.2, 0.25) is 5.02 Å². The van der Waals surface area contributed by atoms with Crippen LogP contribution in [0.1, 0.15) is 5.56 Å². The predicted octanol–water partition coefficient (Wildman–Crippen LogP) is 2.62. The van der Waals surface area contributed by atoms with E-state index in [0.717, 1.165) is 21.7 Å². The smallest absolute Gasteiger partial charge is 0.134 e. The minimum Gasteiger partial charge on any atom is -0.383 e. The lowest BCUT2D eigenvalue weighted by Gasteiger charge is -2.02. The molecule has 2 heterocycles. The van der Waals surface area contributed by atoms with Gasteiger partial charge < -0.3 is 5.73 Å². The van der Waals surface area contributed by atoms with E-state index in [-0.39, 0.29) is 0 Å². The third-order valence-electron chi connectivity index (χ3n) is 2.92. The fourth-order valence-corrected chi connectivity index (χ4v) is 2.19. The zero-order valence-corrected chi connectivity index (χ0v) is 11.3. The Morgan fingerprint density at radius 1 is 1.25 bits per heavy atom. The van der Waals surface area contributed by atoms with Crippen molar-refractivity contribution in [1.82, 2.24) is 19.7 Å². The first-order valence-corrected chi connectivity index (χ1v) is 6.43. The van der Waals surface area contributed by atoms with Crippen molar-refractivity contribution in [3.63, 3.8) is 0 Å². The molecule has 3 rings (SSSR count). The van der Waals surface area contributed by atoms with E-state index in [2.05, 4.69) is 15.1 Å². The lowest BCUT2D eigenvalue weighted by atomic mass is 10.2. The topological polar surface area (TPSA) is 69.6 Å². The van der Waals surface area contributed by atoms with E-state index in [1.54, 1.807) is 12.4 Å². The summed E-state index contributed by atoms with van der Waals surface area (Å²) in [6, 6.07) is 7.70. The minimum atomic E-state index is 0.447. The van der Waals surface area contributed by atoms with Crippen molar-refractivity contribution in [1.29, 1.82) is 0 Å². The third kappa shape index (κ3) is 2.62. The maximum atomic E-state index is 5.97. The summed E-state index contributed by atoms with van der Waals surface area (Å²) in [5.41, 5.74) is 8.59. The van der Waals surface area contributed by atoms with Gasteiger partial charge in [0, 0.05) is 28.5 Å². The van der Waals surface area contributed by atoms with Crippen molar-refractivity contribution in [2.24, 2.45) is 0 Å². The second-order valence-electron chi connectivity index (χ2n) is 4.38. The number of nitrogens with zero attached hydrogens (tertiary/aromatic N) is 4.